The fraction of sp³-hybridized carbons (Fsp3) is 0.923. The molecule has 2 N–H and O–H groups in total. The van der Waals surface area contributed by atoms with Crippen LogP contribution in [-0.2, 0) is 4.79 Å². The first-order valence-corrected chi connectivity index (χ1v) is 6.65. The summed E-state index contributed by atoms with van der Waals surface area (Å²) >= 11 is 0. The third kappa shape index (κ3) is 4.47. The average Bonchev–Trinajstić information content (AvgIpc) is 2.88. The molecule has 1 saturated carbocycles. The number of hydrogen-bond acceptors (Lipinski definition) is 2. The van der Waals surface area contributed by atoms with Crippen LogP contribution in [0.5, 0.6) is 0 Å². The number of amides is 1. The molecule has 1 saturated heterocycles. The highest BCUT2D eigenvalue weighted by molar-refractivity contribution is 5.85. The lowest BCUT2D eigenvalue weighted by Crippen LogP contribution is -2.35. The van der Waals surface area contributed by atoms with Crippen LogP contribution in [0.15, 0.2) is 0 Å². The Labute approximate surface area is 111 Å². The van der Waals surface area contributed by atoms with Crippen molar-refractivity contribution in [3.8, 4) is 0 Å². The van der Waals surface area contributed by atoms with Crippen LogP contribution in [0.2, 0.25) is 0 Å². The largest absolute Gasteiger partial charge is 0.356 e. The minimum Gasteiger partial charge on any atom is -0.356 e. The molecule has 0 aromatic rings. The summed E-state index contributed by atoms with van der Waals surface area (Å²) in [7, 11) is 0. The molecule has 1 atom stereocenters. The van der Waals surface area contributed by atoms with Crippen molar-refractivity contribution >= 4 is 18.3 Å². The first kappa shape index (κ1) is 14.8. The zero-order valence-electron chi connectivity index (χ0n) is 10.8. The molecular weight excluding hydrogens is 236 g/mol. The predicted octanol–water partition coefficient (Wildman–Crippen LogP) is 2.10. The molecule has 100 valence electrons. The van der Waals surface area contributed by atoms with Gasteiger partial charge in [0.15, 0.2) is 0 Å². The number of hydrogen-bond donors (Lipinski definition) is 2. The highest BCUT2D eigenvalue weighted by Gasteiger charge is 2.29. The van der Waals surface area contributed by atoms with E-state index in [0.717, 1.165) is 26.1 Å². The van der Waals surface area contributed by atoms with Crippen LogP contribution in [-0.4, -0.2) is 25.5 Å². The summed E-state index contributed by atoms with van der Waals surface area (Å²) in [6, 6.07) is 0. The van der Waals surface area contributed by atoms with Crippen LogP contribution in [0.3, 0.4) is 0 Å². The Morgan fingerprint density at radius 2 is 2.12 bits per heavy atom. The third-order valence-electron chi connectivity index (χ3n) is 4.16. The Kier molecular flexibility index (Phi) is 5.74. The number of rotatable bonds is 4. The van der Waals surface area contributed by atoms with Gasteiger partial charge < -0.3 is 10.6 Å². The predicted molar refractivity (Wildman–Crippen MR) is 72.4 cm³/mol. The van der Waals surface area contributed by atoms with Crippen LogP contribution < -0.4 is 10.6 Å². The van der Waals surface area contributed by atoms with E-state index >= 15 is 0 Å². The van der Waals surface area contributed by atoms with Gasteiger partial charge in [-0.15, -0.1) is 12.4 Å². The van der Waals surface area contributed by atoms with E-state index in [-0.39, 0.29) is 18.3 Å². The van der Waals surface area contributed by atoms with Crippen LogP contribution in [0.4, 0.5) is 0 Å². The quantitative estimate of drug-likeness (QED) is 0.813. The van der Waals surface area contributed by atoms with Gasteiger partial charge in [0.25, 0.3) is 0 Å². The van der Waals surface area contributed by atoms with Gasteiger partial charge in [-0.1, -0.05) is 19.8 Å². The number of carbonyl (C=O) groups is 1. The summed E-state index contributed by atoms with van der Waals surface area (Å²) in [6.07, 6.45) is 7.09. The normalized spacial score (nSPS) is 26.5. The standard InChI is InChI=1S/C13H24N2O.ClH/c1-13(5-2-3-6-13)10-15-12(16)8-11-4-7-14-9-11;/h11,14H,2-10H2,1H3,(H,15,16);1H. The molecule has 0 aromatic carbocycles. The number of halogens is 1. The minimum absolute atomic E-state index is 0. The summed E-state index contributed by atoms with van der Waals surface area (Å²) in [5, 5.41) is 6.43. The molecule has 0 spiro atoms. The lowest BCUT2D eigenvalue weighted by molar-refractivity contribution is -0.122. The second kappa shape index (κ2) is 6.60. The van der Waals surface area contributed by atoms with Gasteiger partial charge in [0.2, 0.25) is 5.91 Å². The zero-order valence-corrected chi connectivity index (χ0v) is 11.6. The van der Waals surface area contributed by atoms with Gasteiger partial charge in [-0.3, -0.25) is 4.79 Å². The Morgan fingerprint density at radius 3 is 2.71 bits per heavy atom. The maximum absolute atomic E-state index is 11.8. The maximum Gasteiger partial charge on any atom is 0.220 e. The molecule has 1 aliphatic carbocycles. The zero-order chi connectivity index (χ0) is 11.4. The second-order valence-corrected chi connectivity index (χ2v) is 5.86. The Balaban J connectivity index is 0.00000144. The highest BCUT2D eigenvalue weighted by Crippen LogP contribution is 2.36. The first-order chi connectivity index (χ1) is 7.68. The summed E-state index contributed by atoms with van der Waals surface area (Å²) in [4.78, 5) is 11.8. The van der Waals surface area contributed by atoms with Gasteiger partial charge in [-0.05, 0) is 43.7 Å². The van der Waals surface area contributed by atoms with Crippen molar-refractivity contribution in [1.82, 2.24) is 10.6 Å². The number of carbonyl (C=O) groups excluding carboxylic acids is 1. The van der Waals surface area contributed by atoms with Crippen molar-refractivity contribution in [3.05, 3.63) is 0 Å². The molecule has 2 aliphatic rings. The van der Waals surface area contributed by atoms with Crippen LogP contribution in [0.25, 0.3) is 0 Å². The molecular formula is C13H25ClN2O. The fourth-order valence-electron chi connectivity index (χ4n) is 2.94. The lowest BCUT2D eigenvalue weighted by atomic mass is 9.89. The fourth-order valence-corrected chi connectivity index (χ4v) is 2.94. The lowest BCUT2D eigenvalue weighted by Gasteiger charge is -2.24. The summed E-state index contributed by atoms with van der Waals surface area (Å²) in [5.74, 6) is 0.818. The van der Waals surface area contributed by atoms with E-state index in [1.54, 1.807) is 0 Å². The van der Waals surface area contributed by atoms with Gasteiger partial charge in [-0.2, -0.15) is 0 Å². The van der Waals surface area contributed by atoms with Crippen molar-refractivity contribution in [1.29, 1.82) is 0 Å². The highest BCUT2D eigenvalue weighted by atomic mass is 35.5. The Bertz CT molecular complexity index is 246. The molecule has 0 aromatic heterocycles. The Hall–Kier alpha value is -0.280. The van der Waals surface area contributed by atoms with E-state index in [0.29, 0.717) is 17.8 Å². The Morgan fingerprint density at radius 1 is 1.41 bits per heavy atom. The van der Waals surface area contributed by atoms with Crippen molar-refractivity contribution < 1.29 is 4.79 Å². The molecule has 3 nitrogen and oxygen atoms in total. The smallest absolute Gasteiger partial charge is 0.220 e. The summed E-state index contributed by atoms with van der Waals surface area (Å²) < 4.78 is 0. The van der Waals surface area contributed by atoms with E-state index in [1.165, 1.54) is 25.7 Å². The topological polar surface area (TPSA) is 41.1 Å². The van der Waals surface area contributed by atoms with Crippen molar-refractivity contribution in [3.63, 3.8) is 0 Å². The summed E-state index contributed by atoms with van der Waals surface area (Å²) in [6.45, 7) is 5.28. The molecule has 2 fully saturated rings. The van der Waals surface area contributed by atoms with Crippen LogP contribution >= 0.6 is 12.4 Å². The monoisotopic (exact) mass is 260 g/mol. The van der Waals surface area contributed by atoms with E-state index in [9.17, 15) is 4.79 Å². The molecule has 1 aliphatic heterocycles. The molecule has 1 amide bonds. The van der Waals surface area contributed by atoms with E-state index in [4.69, 9.17) is 0 Å². The molecule has 0 bridgehead atoms. The second-order valence-electron chi connectivity index (χ2n) is 5.86. The third-order valence-corrected chi connectivity index (χ3v) is 4.16. The molecule has 2 rings (SSSR count). The van der Waals surface area contributed by atoms with Gasteiger partial charge in [-0.25, -0.2) is 0 Å². The van der Waals surface area contributed by atoms with Gasteiger partial charge >= 0.3 is 0 Å². The van der Waals surface area contributed by atoms with Crippen molar-refractivity contribution in [2.75, 3.05) is 19.6 Å². The molecule has 0 radical (unpaired) electrons. The van der Waals surface area contributed by atoms with Crippen LogP contribution in [0.1, 0.15) is 45.4 Å². The first-order valence-electron chi connectivity index (χ1n) is 6.65. The molecule has 1 unspecified atom stereocenters. The van der Waals surface area contributed by atoms with Gasteiger partial charge in [0, 0.05) is 13.0 Å². The van der Waals surface area contributed by atoms with Crippen molar-refractivity contribution in [2.24, 2.45) is 11.3 Å². The van der Waals surface area contributed by atoms with Crippen LogP contribution in [0, 0.1) is 11.3 Å². The minimum atomic E-state index is 0. The average molecular weight is 261 g/mol. The number of nitrogens with one attached hydrogen (secondary N) is 2. The summed E-state index contributed by atoms with van der Waals surface area (Å²) in [5.41, 5.74) is 0.379. The molecule has 4 heteroatoms. The molecule has 1 heterocycles. The van der Waals surface area contributed by atoms with Gasteiger partial charge in [0.05, 0.1) is 0 Å². The maximum atomic E-state index is 11.8. The van der Waals surface area contributed by atoms with Gasteiger partial charge in [0.1, 0.15) is 0 Å². The van der Waals surface area contributed by atoms with E-state index < -0.39 is 0 Å². The van der Waals surface area contributed by atoms with E-state index in [1.807, 2.05) is 0 Å². The molecule has 17 heavy (non-hydrogen) atoms. The van der Waals surface area contributed by atoms with E-state index in [2.05, 4.69) is 17.6 Å². The SMILES string of the molecule is CC1(CNC(=O)CC2CCNC2)CCCC1.Cl. The van der Waals surface area contributed by atoms with Crippen molar-refractivity contribution in [2.45, 2.75) is 45.4 Å².